The Balaban J connectivity index is 1.96. The van der Waals surface area contributed by atoms with E-state index in [4.69, 9.17) is 4.74 Å². The first-order valence-electron chi connectivity index (χ1n) is 6.56. The molecule has 0 saturated heterocycles. The fourth-order valence-corrected chi connectivity index (χ4v) is 1.75. The van der Waals surface area contributed by atoms with Crippen molar-refractivity contribution >= 4 is 5.91 Å². The van der Waals surface area contributed by atoms with Crippen molar-refractivity contribution < 1.29 is 22.7 Å². The predicted molar refractivity (Wildman–Crippen MR) is 75.6 cm³/mol. The van der Waals surface area contributed by atoms with Crippen LogP contribution in [0.2, 0.25) is 0 Å². The van der Waals surface area contributed by atoms with Crippen LogP contribution in [-0.4, -0.2) is 18.6 Å². The molecule has 0 aliphatic rings. The molecule has 0 aliphatic heterocycles. The molecule has 6 heteroatoms. The summed E-state index contributed by atoms with van der Waals surface area (Å²) in [4.78, 5) is 11.7. The molecule has 1 N–H and O–H groups in total. The van der Waals surface area contributed by atoms with Crippen LogP contribution in [0, 0.1) is 0 Å². The SMILES string of the molecule is O=C(NCC(F)(F)F)c1cccc(OCc2ccccc2)c1. The number of hydrogen-bond donors (Lipinski definition) is 1. The highest BCUT2D eigenvalue weighted by atomic mass is 19.4. The number of alkyl halides is 3. The van der Waals surface area contributed by atoms with E-state index >= 15 is 0 Å². The number of ether oxygens (including phenoxy) is 1. The number of hydrogen-bond acceptors (Lipinski definition) is 2. The van der Waals surface area contributed by atoms with Gasteiger partial charge in [0.1, 0.15) is 18.9 Å². The molecule has 22 heavy (non-hydrogen) atoms. The minimum Gasteiger partial charge on any atom is -0.489 e. The summed E-state index contributed by atoms with van der Waals surface area (Å²) in [5.41, 5.74) is 1.07. The lowest BCUT2D eigenvalue weighted by Gasteiger charge is -2.10. The number of amides is 1. The van der Waals surface area contributed by atoms with E-state index in [2.05, 4.69) is 0 Å². The molecule has 0 radical (unpaired) electrons. The molecule has 2 rings (SSSR count). The van der Waals surface area contributed by atoms with Crippen LogP contribution in [0.1, 0.15) is 15.9 Å². The normalized spacial score (nSPS) is 11.0. The molecule has 0 atom stereocenters. The van der Waals surface area contributed by atoms with Gasteiger partial charge in [0.25, 0.3) is 5.91 Å². The van der Waals surface area contributed by atoms with Crippen molar-refractivity contribution in [2.45, 2.75) is 12.8 Å². The summed E-state index contributed by atoms with van der Waals surface area (Å²) in [5.74, 6) is -0.369. The van der Waals surface area contributed by atoms with Crippen LogP contribution in [0.3, 0.4) is 0 Å². The van der Waals surface area contributed by atoms with Gasteiger partial charge in [0.2, 0.25) is 0 Å². The Morgan fingerprint density at radius 1 is 1.05 bits per heavy atom. The largest absolute Gasteiger partial charge is 0.489 e. The average Bonchev–Trinajstić information content (AvgIpc) is 2.51. The van der Waals surface area contributed by atoms with Crippen LogP contribution < -0.4 is 10.1 Å². The zero-order valence-corrected chi connectivity index (χ0v) is 11.6. The number of carbonyl (C=O) groups is 1. The Kier molecular flexibility index (Phi) is 5.04. The first kappa shape index (κ1) is 15.9. The summed E-state index contributed by atoms with van der Waals surface area (Å²) < 4.78 is 41.8. The molecule has 2 aromatic rings. The first-order valence-corrected chi connectivity index (χ1v) is 6.56. The van der Waals surface area contributed by atoms with E-state index < -0.39 is 18.6 Å². The van der Waals surface area contributed by atoms with Crippen LogP contribution in [-0.2, 0) is 6.61 Å². The maximum Gasteiger partial charge on any atom is 0.405 e. The van der Waals surface area contributed by atoms with Crippen molar-refractivity contribution in [1.82, 2.24) is 5.32 Å². The van der Waals surface area contributed by atoms with E-state index in [0.29, 0.717) is 12.4 Å². The van der Waals surface area contributed by atoms with E-state index in [1.54, 1.807) is 12.1 Å². The van der Waals surface area contributed by atoms with Gasteiger partial charge in [-0.3, -0.25) is 4.79 Å². The minimum absolute atomic E-state index is 0.120. The van der Waals surface area contributed by atoms with Crippen molar-refractivity contribution in [3.05, 3.63) is 65.7 Å². The Bertz CT molecular complexity index is 627. The van der Waals surface area contributed by atoms with Gasteiger partial charge in [0, 0.05) is 5.56 Å². The number of carbonyl (C=O) groups excluding carboxylic acids is 1. The summed E-state index contributed by atoms with van der Waals surface area (Å²) in [6.45, 7) is -1.05. The van der Waals surface area contributed by atoms with Gasteiger partial charge in [-0.2, -0.15) is 13.2 Å². The van der Waals surface area contributed by atoms with Crippen molar-refractivity contribution in [1.29, 1.82) is 0 Å². The van der Waals surface area contributed by atoms with Gasteiger partial charge < -0.3 is 10.1 Å². The molecule has 0 unspecified atom stereocenters. The van der Waals surface area contributed by atoms with Gasteiger partial charge in [-0.05, 0) is 23.8 Å². The monoisotopic (exact) mass is 309 g/mol. The molecular weight excluding hydrogens is 295 g/mol. The van der Waals surface area contributed by atoms with Crippen LogP contribution in [0.25, 0.3) is 0 Å². The van der Waals surface area contributed by atoms with Gasteiger partial charge >= 0.3 is 6.18 Å². The number of halogens is 3. The molecule has 3 nitrogen and oxygen atoms in total. The second-order valence-electron chi connectivity index (χ2n) is 4.60. The summed E-state index contributed by atoms with van der Waals surface area (Å²) in [7, 11) is 0. The number of rotatable bonds is 5. The molecule has 116 valence electrons. The Labute approximate surface area is 125 Å². The van der Waals surface area contributed by atoms with Crippen molar-refractivity contribution in [3.8, 4) is 5.75 Å². The fraction of sp³-hybridized carbons (Fsp3) is 0.188. The molecule has 1 amide bonds. The Morgan fingerprint density at radius 2 is 1.77 bits per heavy atom. The fourth-order valence-electron chi connectivity index (χ4n) is 1.75. The molecule has 0 saturated carbocycles. The second kappa shape index (κ2) is 6.98. The minimum atomic E-state index is -4.43. The summed E-state index contributed by atoms with van der Waals surface area (Å²) in [6, 6.07) is 15.5. The maximum absolute atomic E-state index is 12.1. The van der Waals surface area contributed by atoms with Gasteiger partial charge in [-0.15, -0.1) is 0 Å². The molecule has 2 aromatic carbocycles. The maximum atomic E-state index is 12.1. The van der Waals surface area contributed by atoms with Crippen LogP contribution in [0.15, 0.2) is 54.6 Å². The molecule has 0 aromatic heterocycles. The number of nitrogens with one attached hydrogen (secondary N) is 1. The lowest BCUT2D eigenvalue weighted by molar-refractivity contribution is -0.123. The predicted octanol–water partition coefficient (Wildman–Crippen LogP) is 3.56. The molecular formula is C16H14F3NO2. The Morgan fingerprint density at radius 3 is 2.45 bits per heavy atom. The molecule has 0 aliphatic carbocycles. The Hall–Kier alpha value is -2.50. The highest BCUT2D eigenvalue weighted by Crippen LogP contribution is 2.16. The zero-order valence-electron chi connectivity index (χ0n) is 11.6. The van der Waals surface area contributed by atoms with E-state index in [-0.39, 0.29) is 5.56 Å². The third-order valence-corrected chi connectivity index (χ3v) is 2.79. The van der Waals surface area contributed by atoms with Gasteiger partial charge in [-0.25, -0.2) is 0 Å². The van der Waals surface area contributed by atoms with Gasteiger partial charge in [-0.1, -0.05) is 36.4 Å². The van der Waals surface area contributed by atoms with Gasteiger partial charge in [0.15, 0.2) is 0 Å². The highest BCUT2D eigenvalue weighted by Gasteiger charge is 2.27. The van der Waals surface area contributed by atoms with Crippen molar-refractivity contribution in [2.75, 3.05) is 6.54 Å². The number of benzene rings is 2. The third kappa shape index (κ3) is 5.12. The van der Waals surface area contributed by atoms with Crippen molar-refractivity contribution in [3.63, 3.8) is 0 Å². The topological polar surface area (TPSA) is 38.3 Å². The smallest absolute Gasteiger partial charge is 0.405 e. The van der Waals surface area contributed by atoms with E-state index in [9.17, 15) is 18.0 Å². The second-order valence-corrected chi connectivity index (χ2v) is 4.60. The van der Waals surface area contributed by atoms with Crippen molar-refractivity contribution in [2.24, 2.45) is 0 Å². The lowest BCUT2D eigenvalue weighted by Crippen LogP contribution is -2.33. The average molecular weight is 309 g/mol. The standard InChI is InChI=1S/C16H14F3NO2/c17-16(18,19)11-20-15(21)13-7-4-8-14(9-13)22-10-12-5-2-1-3-6-12/h1-9H,10-11H2,(H,20,21). The highest BCUT2D eigenvalue weighted by molar-refractivity contribution is 5.94. The van der Waals surface area contributed by atoms with Crippen LogP contribution >= 0.6 is 0 Å². The van der Waals surface area contributed by atoms with E-state index in [1.165, 1.54) is 12.1 Å². The third-order valence-electron chi connectivity index (χ3n) is 2.79. The summed E-state index contributed by atoms with van der Waals surface area (Å²) in [6.07, 6.45) is -4.43. The van der Waals surface area contributed by atoms with E-state index in [1.807, 2.05) is 35.6 Å². The zero-order chi connectivity index (χ0) is 16.0. The molecule has 0 spiro atoms. The first-order chi connectivity index (χ1) is 10.4. The summed E-state index contributed by atoms with van der Waals surface area (Å²) >= 11 is 0. The molecule has 0 bridgehead atoms. The lowest BCUT2D eigenvalue weighted by atomic mass is 10.2. The molecule has 0 fully saturated rings. The van der Waals surface area contributed by atoms with E-state index in [0.717, 1.165) is 5.56 Å². The summed E-state index contributed by atoms with van der Waals surface area (Å²) in [5, 5.41) is 1.82. The van der Waals surface area contributed by atoms with Crippen LogP contribution in [0.4, 0.5) is 13.2 Å². The van der Waals surface area contributed by atoms with Gasteiger partial charge in [0.05, 0.1) is 0 Å². The van der Waals surface area contributed by atoms with Crippen LogP contribution in [0.5, 0.6) is 5.75 Å². The quantitative estimate of drug-likeness (QED) is 0.917. The molecule has 0 heterocycles.